The van der Waals surface area contributed by atoms with E-state index in [9.17, 15) is 4.79 Å². The predicted molar refractivity (Wildman–Crippen MR) is 107 cm³/mol. The Morgan fingerprint density at radius 3 is 2.19 bits per heavy atom. The second-order valence-electron chi connectivity index (χ2n) is 6.99. The molecule has 3 rings (SSSR count). The Morgan fingerprint density at radius 1 is 1.04 bits per heavy atom. The Hall–Kier alpha value is -2.39. The van der Waals surface area contributed by atoms with Crippen LogP contribution >= 0.6 is 0 Å². The van der Waals surface area contributed by atoms with Crippen molar-refractivity contribution < 1.29 is 10.5 Å². The zero-order valence-corrected chi connectivity index (χ0v) is 15.7. The SMILES string of the molecule is CN(CCC=C1c2ccccc2CCc2ccccc21)C(=O)CCC[NH3+]. The molecule has 2 aromatic rings. The average Bonchev–Trinajstić information content (AvgIpc) is 2.83. The van der Waals surface area contributed by atoms with Gasteiger partial charge in [-0.1, -0.05) is 54.6 Å². The molecule has 1 amide bonds. The summed E-state index contributed by atoms with van der Waals surface area (Å²) in [5, 5.41) is 0. The maximum absolute atomic E-state index is 12.1. The topological polar surface area (TPSA) is 48.0 Å². The van der Waals surface area contributed by atoms with Crippen molar-refractivity contribution in [3.05, 3.63) is 76.9 Å². The van der Waals surface area contributed by atoms with Crippen molar-refractivity contribution in [1.82, 2.24) is 4.90 Å². The van der Waals surface area contributed by atoms with Gasteiger partial charge in [0.05, 0.1) is 6.54 Å². The molecule has 136 valence electrons. The molecule has 1 aliphatic rings. The monoisotopic (exact) mass is 349 g/mol. The van der Waals surface area contributed by atoms with E-state index in [0.29, 0.717) is 6.42 Å². The lowest BCUT2D eigenvalue weighted by atomic mass is 9.93. The van der Waals surface area contributed by atoms with Gasteiger partial charge >= 0.3 is 0 Å². The van der Waals surface area contributed by atoms with E-state index in [1.54, 1.807) is 0 Å². The molecule has 0 bridgehead atoms. The molecule has 0 fully saturated rings. The van der Waals surface area contributed by atoms with Crippen molar-refractivity contribution in [2.75, 3.05) is 20.1 Å². The van der Waals surface area contributed by atoms with Crippen LogP contribution in [-0.2, 0) is 17.6 Å². The predicted octanol–water partition coefficient (Wildman–Crippen LogP) is 3.09. The summed E-state index contributed by atoms with van der Waals surface area (Å²) in [6.07, 6.45) is 6.80. The minimum Gasteiger partial charge on any atom is -0.358 e. The van der Waals surface area contributed by atoms with Crippen LogP contribution in [-0.4, -0.2) is 30.9 Å². The van der Waals surface area contributed by atoms with Crippen molar-refractivity contribution in [2.45, 2.75) is 32.1 Å². The first kappa shape index (κ1) is 18.4. The van der Waals surface area contributed by atoms with Crippen LogP contribution in [0.25, 0.3) is 5.57 Å². The van der Waals surface area contributed by atoms with Crippen LogP contribution in [0.5, 0.6) is 0 Å². The number of benzene rings is 2. The fourth-order valence-electron chi connectivity index (χ4n) is 3.63. The largest absolute Gasteiger partial charge is 0.358 e. The lowest BCUT2D eigenvalue weighted by molar-refractivity contribution is -0.368. The van der Waals surface area contributed by atoms with Gasteiger partial charge in [0, 0.05) is 26.4 Å². The summed E-state index contributed by atoms with van der Waals surface area (Å²) in [5.74, 6) is 0.216. The molecule has 0 aromatic heterocycles. The van der Waals surface area contributed by atoms with Gasteiger partial charge < -0.3 is 10.6 Å². The molecule has 2 aromatic carbocycles. The first-order chi connectivity index (χ1) is 12.7. The Morgan fingerprint density at radius 2 is 1.62 bits per heavy atom. The third kappa shape index (κ3) is 4.23. The molecular weight excluding hydrogens is 320 g/mol. The van der Waals surface area contributed by atoms with E-state index >= 15 is 0 Å². The number of hydrogen-bond acceptors (Lipinski definition) is 1. The van der Waals surface area contributed by atoms with Gasteiger partial charge in [0.25, 0.3) is 0 Å². The van der Waals surface area contributed by atoms with E-state index in [1.165, 1.54) is 27.8 Å². The number of carbonyl (C=O) groups is 1. The van der Waals surface area contributed by atoms with Gasteiger partial charge in [-0.15, -0.1) is 0 Å². The van der Waals surface area contributed by atoms with Crippen molar-refractivity contribution in [3.8, 4) is 0 Å². The van der Waals surface area contributed by atoms with Gasteiger partial charge in [0.2, 0.25) is 5.91 Å². The molecule has 3 nitrogen and oxygen atoms in total. The quantitative estimate of drug-likeness (QED) is 0.856. The lowest BCUT2D eigenvalue weighted by Crippen LogP contribution is -2.50. The second-order valence-corrected chi connectivity index (χ2v) is 6.99. The van der Waals surface area contributed by atoms with Crippen LogP contribution in [0.2, 0.25) is 0 Å². The highest BCUT2D eigenvalue weighted by molar-refractivity contribution is 5.84. The van der Waals surface area contributed by atoms with Gasteiger partial charge in [-0.3, -0.25) is 4.79 Å². The van der Waals surface area contributed by atoms with Crippen LogP contribution in [0.3, 0.4) is 0 Å². The zero-order valence-electron chi connectivity index (χ0n) is 15.7. The molecule has 0 saturated carbocycles. The summed E-state index contributed by atoms with van der Waals surface area (Å²) in [5.41, 5.74) is 10.6. The number of amides is 1. The first-order valence-electron chi connectivity index (χ1n) is 9.60. The van der Waals surface area contributed by atoms with Crippen molar-refractivity contribution in [1.29, 1.82) is 0 Å². The highest BCUT2D eigenvalue weighted by atomic mass is 16.2. The Bertz CT molecular complexity index is 745. The number of aryl methyl sites for hydroxylation is 2. The number of nitrogens with zero attached hydrogens (tertiary/aromatic N) is 1. The standard InChI is InChI=1S/C23H28N2O/c1-25(23(26)13-6-16-24)17-7-12-22-20-10-4-2-8-18(20)14-15-19-9-3-5-11-21(19)22/h2-5,8-12H,6-7,13-17,24H2,1H3/p+1. The van der Waals surface area contributed by atoms with E-state index < -0.39 is 0 Å². The molecule has 0 spiro atoms. The molecule has 0 heterocycles. The van der Waals surface area contributed by atoms with Crippen molar-refractivity contribution >= 4 is 11.5 Å². The lowest BCUT2D eigenvalue weighted by Gasteiger charge is -2.17. The summed E-state index contributed by atoms with van der Waals surface area (Å²) in [7, 11) is 1.90. The smallest absolute Gasteiger partial charge is 0.222 e. The summed E-state index contributed by atoms with van der Waals surface area (Å²) < 4.78 is 0. The fraction of sp³-hybridized carbons (Fsp3) is 0.348. The molecule has 0 aliphatic heterocycles. The van der Waals surface area contributed by atoms with E-state index in [2.05, 4.69) is 60.3 Å². The number of fused-ring (bicyclic) bond motifs is 2. The fourth-order valence-corrected chi connectivity index (χ4v) is 3.63. The summed E-state index contributed by atoms with van der Waals surface area (Å²) in [4.78, 5) is 14.0. The highest BCUT2D eigenvalue weighted by Crippen LogP contribution is 2.33. The molecule has 3 N–H and O–H groups in total. The van der Waals surface area contributed by atoms with Crippen molar-refractivity contribution in [2.24, 2.45) is 0 Å². The molecule has 0 saturated heterocycles. The minimum atomic E-state index is 0.216. The molecule has 0 unspecified atom stereocenters. The molecule has 26 heavy (non-hydrogen) atoms. The Kier molecular flexibility index (Phi) is 6.24. The Balaban J connectivity index is 1.82. The van der Waals surface area contributed by atoms with E-state index in [1.807, 2.05) is 11.9 Å². The number of rotatable bonds is 6. The van der Waals surface area contributed by atoms with E-state index in [-0.39, 0.29) is 5.91 Å². The van der Waals surface area contributed by atoms with Crippen LogP contribution in [0.15, 0.2) is 54.6 Å². The highest BCUT2D eigenvalue weighted by Gasteiger charge is 2.17. The zero-order chi connectivity index (χ0) is 18.4. The molecule has 0 radical (unpaired) electrons. The third-order valence-electron chi connectivity index (χ3n) is 5.16. The van der Waals surface area contributed by atoms with Gasteiger partial charge in [-0.25, -0.2) is 0 Å². The summed E-state index contributed by atoms with van der Waals surface area (Å²) in [6, 6.07) is 17.4. The number of hydrogen-bond donors (Lipinski definition) is 1. The van der Waals surface area contributed by atoms with E-state index in [4.69, 9.17) is 0 Å². The summed E-state index contributed by atoms with van der Waals surface area (Å²) >= 11 is 0. The molecule has 1 aliphatic carbocycles. The van der Waals surface area contributed by atoms with Gasteiger partial charge in [0.1, 0.15) is 0 Å². The maximum atomic E-state index is 12.1. The maximum Gasteiger partial charge on any atom is 0.222 e. The third-order valence-corrected chi connectivity index (χ3v) is 5.16. The van der Waals surface area contributed by atoms with Gasteiger partial charge in [-0.2, -0.15) is 0 Å². The van der Waals surface area contributed by atoms with Crippen LogP contribution in [0.4, 0.5) is 0 Å². The second kappa shape index (κ2) is 8.81. The number of quaternary nitrogens is 1. The van der Waals surface area contributed by atoms with E-state index in [0.717, 1.165) is 38.8 Å². The normalized spacial score (nSPS) is 12.8. The van der Waals surface area contributed by atoms with Gasteiger partial charge in [0.15, 0.2) is 0 Å². The van der Waals surface area contributed by atoms with Crippen molar-refractivity contribution in [3.63, 3.8) is 0 Å². The van der Waals surface area contributed by atoms with Crippen LogP contribution in [0.1, 0.15) is 41.5 Å². The average molecular weight is 349 g/mol. The first-order valence-corrected chi connectivity index (χ1v) is 9.60. The van der Waals surface area contributed by atoms with Gasteiger partial charge in [-0.05, 0) is 47.1 Å². The Labute approximate surface area is 156 Å². The van der Waals surface area contributed by atoms with Crippen LogP contribution < -0.4 is 5.73 Å². The summed E-state index contributed by atoms with van der Waals surface area (Å²) in [6.45, 7) is 1.57. The molecular formula is C23H29N2O+. The number of carbonyl (C=O) groups excluding carboxylic acids is 1. The molecule has 3 heteroatoms. The van der Waals surface area contributed by atoms with Crippen LogP contribution in [0, 0.1) is 0 Å². The molecule has 0 atom stereocenters. The minimum absolute atomic E-state index is 0.216.